The van der Waals surface area contributed by atoms with E-state index in [1.54, 1.807) is 6.08 Å². The first-order valence-corrected chi connectivity index (χ1v) is 9.74. The summed E-state index contributed by atoms with van der Waals surface area (Å²) in [6.45, 7) is 5.29. The largest absolute Gasteiger partial charge is 0.493 e. The molecular weight excluding hydrogens is 362 g/mol. The van der Waals surface area contributed by atoms with Crippen molar-refractivity contribution in [3.63, 3.8) is 0 Å². The zero-order chi connectivity index (χ0) is 20.6. The van der Waals surface area contributed by atoms with Gasteiger partial charge >= 0.3 is 0 Å². The molecule has 2 aromatic carbocycles. The van der Waals surface area contributed by atoms with Crippen LogP contribution in [0.15, 0.2) is 60.3 Å². The maximum absolute atomic E-state index is 12.4. The molecule has 0 aliphatic heterocycles. The number of para-hydroxylation sites is 1. The fraction of sp³-hybridized carbons (Fsp3) is 0.250. The molecule has 0 bridgehead atoms. The highest BCUT2D eigenvalue weighted by molar-refractivity contribution is 6.01. The number of nitrogens with one attached hydrogen (secondary N) is 2. The number of hydrogen-bond donors (Lipinski definition) is 2. The van der Waals surface area contributed by atoms with Gasteiger partial charge in [0.25, 0.3) is 5.91 Å². The summed E-state index contributed by atoms with van der Waals surface area (Å²) in [5, 5.41) is 13.4. The van der Waals surface area contributed by atoms with E-state index in [9.17, 15) is 10.1 Å². The molecule has 5 heteroatoms. The Morgan fingerprint density at radius 3 is 2.69 bits per heavy atom. The lowest BCUT2D eigenvalue weighted by atomic mass is 10.1. The number of nitrogens with zero attached hydrogens (tertiary/aromatic N) is 1. The summed E-state index contributed by atoms with van der Waals surface area (Å²) < 4.78 is 5.65. The van der Waals surface area contributed by atoms with Crippen LogP contribution in [0.3, 0.4) is 0 Å². The molecule has 0 atom stereocenters. The molecule has 29 heavy (non-hydrogen) atoms. The van der Waals surface area contributed by atoms with Crippen molar-refractivity contribution in [2.75, 3.05) is 13.2 Å². The fourth-order valence-corrected chi connectivity index (χ4v) is 2.98. The minimum Gasteiger partial charge on any atom is -0.493 e. The molecular formula is C24H25N3O2. The first-order chi connectivity index (χ1) is 14.1. The number of ether oxygens (including phenoxy) is 1. The van der Waals surface area contributed by atoms with E-state index in [0.29, 0.717) is 25.5 Å². The van der Waals surface area contributed by atoms with Crippen LogP contribution in [0.2, 0.25) is 0 Å². The van der Waals surface area contributed by atoms with Gasteiger partial charge in [0.05, 0.1) is 6.61 Å². The van der Waals surface area contributed by atoms with Gasteiger partial charge < -0.3 is 15.0 Å². The van der Waals surface area contributed by atoms with Crippen molar-refractivity contribution in [1.82, 2.24) is 10.3 Å². The molecule has 1 aromatic heterocycles. The van der Waals surface area contributed by atoms with Gasteiger partial charge in [0.1, 0.15) is 17.4 Å². The second kappa shape index (κ2) is 9.61. The topological polar surface area (TPSA) is 77.9 Å². The zero-order valence-corrected chi connectivity index (χ0v) is 16.7. The maximum Gasteiger partial charge on any atom is 0.261 e. The predicted molar refractivity (Wildman–Crippen MR) is 115 cm³/mol. The van der Waals surface area contributed by atoms with Gasteiger partial charge in [0, 0.05) is 23.6 Å². The van der Waals surface area contributed by atoms with E-state index in [-0.39, 0.29) is 11.5 Å². The average molecular weight is 387 g/mol. The summed E-state index contributed by atoms with van der Waals surface area (Å²) in [5.41, 5.74) is 3.08. The molecule has 0 saturated carbocycles. The van der Waals surface area contributed by atoms with E-state index in [0.717, 1.165) is 27.8 Å². The van der Waals surface area contributed by atoms with Crippen molar-refractivity contribution in [2.24, 2.45) is 5.92 Å². The molecule has 5 nitrogen and oxygen atoms in total. The number of nitriles is 1. The Kier molecular flexibility index (Phi) is 6.70. The van der Waals surface area contributed by atoms with Crippen LogP contribution in [0.5, 0.6) is 5.75 Å². The third-order valence-electron chi connectivity index (χ3n) is 4.49. The summed E-state index contributed by atoms with van der Waals surface area (Å²) in [4.78, 5) is 15.6. The van der Waals surface area contributed by atoms with Crippen molar-refractivity contribution in [3.05, 3.63) is 71.4 Å². The second-order valence-electron chi connectivity index (χ2n) is 7.31. The van der Waals surface area contributed by atoms with Crippen molar-refractivity contribution >= 4 is 22.9 Å². The van der Waals surface area contributed by atoms with E-state index in [2.05, 4.69) is 30.2 Å². The van der Waals surface area contributed by atoms with Gasteiger partial charge in [-0.3, -0.25) is 4.79 Å². The number of aromatic amines is 1. The number of H-pyrrole nitrogens is 1. The Balaban J connectivity index is 1.57. The van der Waals surface area contributed by atoms with E-state index in [1.165, 1.54) is 0 Å². The smallest absolute Gasteiger partial charge is 0.261 e. The van der Waals surface area contributed by atoms with Gasteiger partial charge in [-0.05, 0) is 47.7 Å². The first-order valence-electron chi connectivity index (χ1n) is 9.74. The van der Waals surface area contributed by atoms with Gasteiger partial charge in [-0.25, -0.2) is 0 Å². The summed E-state index contributed by atoms with van der Waals surface area (Å²) in [6.07, 6.45) is 4.24. The monoisotopic (exact) mass is 387 g/mol. The summed E-state index contributed by atoms with van der Waals surface area (Å²) >= 11 is 0. The molecule has 0 saturated heterocycles. The van der Waals surface area contributed by atoms with E-state index in [4.69, 9.17) is 4.74 Å². The van der Waals surface area contributed by atoms with Crippen LogP contribution in [0.1, 0.15) is 25.0 Å². The average Bonchev–Trinajstić information content (AvgIpc) is 3.14. The molecule has 0 spiro atoms. The van der Waals surface area contributed by atoms with Crippen molar-refractivity contribution in [2.45, 2.75) is 20.3 Å². The van der Waals surface area contributed by atoms with Crippen LogP contribution in [0.4, 0.5) is 0 Å². The maximum atomic E-state index is 12.4. The van der Waals surface area contributed by atoms with E-state index in [1.807, 2.05) is 54.7 Å². The predicted octanol–water partition coefficient (Wildman–Crippen LogP) is 4.47. The molecule has 3 rings (SSSR count). The third kappa shape index (κ3) is 5.49. The lowest BCUT2D eigenvalue weighted by Gasteiger charge is -2.08. The number of aromatic nitrogens is 1. The second-order valence-corrected chi connectivity index (χ2v) is 7.31. The van der Waals surface area contributed by atoms with Gasteiger partial charge in [-0.1, -0.05) is 44.2 Å². The molecule has 1 amide bonds. The highest BCUT2D eigenvalue weighted by Crippen LogP contribution is 2.18. The number of hydrogen-bond acceptors (Lipinski definition) is 3. The summed E-state index contributed by atoms with van der Waals surface area (Å²) in [5.74, 6) is 0.859. The van der Waals surface area contributed by atoms with Crippen LogP contribution in [-0.2, 0) is 11.2 Å². The Bertz CT molecular complexity index is 1040. The van der Waals surface area contributed by atoms with Crippen LogP contribution in [0, 0.1) is 17.2 Å². The van der Waals surface area contributed by atoms with E-state index < -0.39 is 0 Å². The summed E-state index contributed by atoms with van der Waals surface area (Å²) in [7, 11) is 0. The van der Waals surface area contributed by atoms with Crippen molar-refractivity contribution < 1.29 is 9.53 Å². The zero-order valence-electron chi connectivity index (χ0n) is 16.7. The minimum absolute atomic E-state index is 0.0831. The Morgan fingerprint density at radius 1 is 1.21 bits per heavy atom. The molecule has 148 valence electrons. The van der Waals surface area contributed by atoms with Gasteiger partial charge in [0.15, 0.2) is 0 Å². The van der Waals surface area contributed by atoms with Crippen molar-refractivity contribution in [1.29, 1.82) is 5.26 Å². The molecule has 0 unspecified atom stereocenters. The lowest BCUT2D eigenvalue weighted by molar-refractivity contribution is -0.117. The number of carbonyl (C=O) groups excluding carboxylic acids is 1. The summed E-state index contributed by atoms with van der Waals surface area (Å²) in [6, 6.07) is 17.4. The molecule has 0 radical (unpaired) electrons. The standard InChI is InChI=1S/C24H25N3O2/c1-17(2)16-29-21-9-7-18(8-10-21)13-20(14-25)24(28)26-12-11-19-15-27-23-6-4-3-5-22(19)23/h3-10,13,15,17,27H,11-12,16H2,1-2H3,(H,26,28)/b20-13+. The Hall–Kier alpha value is -3.52. The quantitative estimate of drug-likeness (QED) is 0.442. The Morgan fingerprint density at radius 2 is 1.97 bits per heavy atom. The molecule has 1 heterocycles. The van der Waals surface area contributed by atoms with Gasteiger partial charge in [-0.2, -0.15) is 5.26 Å². The van der Waals surface area contributed by atoms with Crippen LogP contribution in [-0.4, -0.2) is 24.0 Å². The molecule has 3 aromatic rings. The van der Waals surface area contributed by atoms with E-state index >= 15 is 0 Å². The fourth-order valence-electron chi connectivity index (χ4n) is 2.98. The Labute approximate surface area is 171 Å². The SMILES string of the molecule is CC(C)COc1ccc(/C=C(\C#N)C(=O)NCCc2c[nH]c3ccccc23)cc1. The van der Waals surface area contributed by atoms with Crippen LogP contribution in [0.25, 0.3) is 17.0 Å². The number of amides is 1. The highest BCUT2D eigenvalue weighted by atomic mass is 16.5. The minimum atomic E-state index is -0.368. The molecule has 0 aliphatic rings. The normalized spacial score (nSPS) is 11.4. The number of rotatable bonds is 8. The van der Waals surface area contributed by atoms with Gasteiger partial charge in [0.2, 0.25) is 0 Å². The van der Waals surface area contributed by atoms with Gasteiger partial charge in [-0.15, -0.1) is 0 Å². The molecule has 0 fully saturated rings. The lowest BCUT2D eigenvalue weighted by Crippen LogP contribution is -2.26. The van der Waals surface area contributed by atoms with Crippen LogP contribution >= 0.6 is 0 Å². The van der Waals surface area contributed by atoms with Crippen molar-refractivity contribution in [3.8, 4) is 11.8 Å². The first kappa shape index (κ1) is 20.2. The highest BCUT2D eigenvalue weighted by Gasteiger charge is 2.10. The third-order valence-corrected chi connectivity index (χ3v) is 4.49. The number of benzene rings is 2. The molecule has 0 aliphatic carbocycles. The van der Waals surface area contributed by atoms with Crippen LogP contribution < -0.4 is 10.1 Å². The number of carbonyl (C=O) groups is 1. The molecule has 2 N–H and O–H groups in total. The number of fused-ring (bicyclic) bond motifs is 1.